The second kappa shape index (κ2) is 10.4. The lowest BCUT2D eigenvalue weighted by molar-refractivity contribution is 0.0272. The number of rotatable bonds is 4. The summed E-state index contributed by atoms with van der Waals surface area (Å²) in [5, 5.41) is 0. The van der Waals surface area contributed by atoms with Crippen molar-refractivity contribution in [2.24, 2.45) is 5.73 Å². The molecular formula is C24H29N2O2. The number of ether oxygens (including phenoxy) is 1. The van der Waals surface area contributed by atoms with Crippen molar-refractivity contribution in [2.45, 2.75) is 51.2 Å². The van der Waals surface area contributed by atoms with Gasteiger partial charge in [0.2, 0.25) is 5.89 Å². The molecule has 1 fully saturated rings. The van der Waals surface area contributed by atoms with Crippen molar-refractivity contribution in [2.75, 3.05) is 0 Å². The highest BCUT2D eigenvalue weighted by atomic mass is 16.5. The molecule has 1 aliphatic carbocycles. The Morgan fingerprint density at radius 1 is 1.00 bits per heavy atom. The predicted molar refractivity (Wildman–Crippen MR) is 114 cm³/mol. The van der Waals surface area contributed by atoms with Crippen molar-refractivity contribution < 1.29 is 9.15 Å². The van der Waals surface area contributed by atoms with Gasteiger partial charge in [0.15, 0.2) is 5.58 Å². The van der Waals surface area contributed by atoms with Crippen LogP contribution in [0.1, 0.15) is 44.1 Å². The van der Waals surface area contributed by atoms with E-state index in [2.05, 4.69) is 17.1 Å². The van der Waals surface area contributed by atoms with Crippen molar-refractivity contribution in [3.8, 4) is 11.5 Å². The molecule has 2 N–H and O–H groups in total. The summed E-state index contributed by atoms with van der Waals surface area (Å²) in [7, 11) is 0. The van der Waals surface area contributed by atoms with Gasteiger partial charge in [0, 0.05) is 11.6 Å². The van der Waals surface area contributed by atoms with Gasteiger partial charge < -0.3 is 14.9 Å². The molecule has 28 heavy (non-hydrogen) atoms. The molecule has 0 amide bonds. The summed E-state index contributed by atoms with van der Waals surface area (Å²) in [5.74, 6) is 0.654. The predicted octanol–water partition coefficient (Wildman–Crippen LogP) is 5.88. The van der Waals surface area contributed by atoms with Gasteiger partial charge in [0.1, 0.15) is 5.52 Å². The average molecular weight is 378 g/mol. The zero-order chi connectivity index (χ0) is 17.8. The summed E-state index contributed by atoms with van der Waals surface area (Å²) in [5.41, 5.74) is 9.93. The van der Waals surface area contributed by atoms with Crippen LogP contribution in [-0.4, -0.2) is 11.1 Å². The maximum atomic E-state index is 6.13. The van der Waals surface area contributed by atoms with E-state index in [-0.39, 0.29) is 21.0 Å². The lowest BCUT2D eigenvalue weighted by Gasteiger charge is -2.23. The lowest BCUT2D eigenvalue weighted by atomic mass is 9.95. The fraction of sp³-hybridized carbons (Fsp3) is 0.333. The Morgan fingerprint density at radius 3 is 2.57 bits per heavy atom. The molecule has 1 saturated carbocycles. The molecule has 2 aromatic carbocycles. The summed E-state index contributed by atoms with van der Waals surface area (Å²) in [6.07, 6.45) is 6.97. The second-order valence-electron chi connectivity index (χ2n) is 7.08. The molecule has 0 aliphatic heterocycles. The first-order valence-corrected chi connectivity index (χ1v) is 9.44. The van der Waals surface area contributed by atoms with Gasteiger partial charge in [-0.3, -0.25) is 0 Å². The van der Waals surface area contributed by atoms with E-state index in [4.69, 9.17) is 14.9 Å². The van der Waals surface area contributed by atoms with E-state index in [1.165, 1.54) is 19.3 Å². The summed E-state index contributed by atoms with van der Waals surface area (Å²) < 4.78 is 12.0. The Balaban J connectivity index is 0.00000140. The Labute approximate surface area is 169 Å². The van der Waals surface area contributed by atoms with E-state index in [1.54, 1.807) is 0 Å². The van der Waals surface area contributed by atoms with Crippen LogP contribution < -0.4 is 5.73 Å². The van der Waals surface area contributed by atoms with Gasteiger partial charge in [0.05, 0.1) is 12.7 Å². The van der Waals surface area contributed by atoms with Crippen LogP contribution in [0.2, 0.25) is 0 Å². The normalized spacial score (nSPS) is 18.0. The van der Waals surface area contributed by atoms with Crippen molar-refractivity contribution in [1.82, 2.24) is 4.98 Å². The maximum Gasteiger partial charge on any atom is 0.227 e. The summed E-state index contributed by atoms with van der Waals surface area (Å²) in [4.78, 5) is 4.55. The van der Waals surface area contributed by atoms with Crippen LogP contribution >= 0.6 is 0 Å². The Morgan fingerprint density at radius 2 is 1.79 bits per heavy atom. The number of benzene rings is 2. The van der Waals surface area contributed by atoms with Crippen molar-refractivity contribution in [3.05, 3.63) is 75.0 Å². The van der Waals surface area contributed by atoms with Crippen LogP contribution in [0.15, 0.2) is 52.9 Å². The number of nitrogens with zero attached hydrogens (tertiary/aromatic N) is 1. The first-order chi connectivity index (χ1) is 12.8. The lowest BCUT2D eigenvalue weighted by Crippen LogP contribution is -2.23. The van der Waals surface area contributed by atoms with E-state index in [1.807, 2.05) is 36.4 Å². The molecule has 0 bridgehead atoms. The highest BCUT2D eigenvalue weighted by Gasteiger charge is 2.17. The molecule has 1 atom stereocenters. The average Bonchev–Trinajstić information content (AvgIpc) is 3.08. The van der Waals surface area contributed by atoms with Gasteiger partial charge in [-0.05, 0) is 49.1 Å². The fourth-order valence-electron chi connectivity index (χ4n) is 3.49. The highest BCUT2D eigenvalue weighted by Crippen LogP contribution is 2.26. The minimum Gasteiger partial charge on any atom is -0.436 e. The molecule has 4 heteroatoms. The molecule has 5 radical (unpaired) electrons. The van der Waals surface area contributed by atoms with Gasteiger partial charge >= 0.3 is 0 Å². The molecular weight excluding hydrogens is 348 g/mol. The molecule has 4 nitrogen and oxygen atoms in total. The Hall–Kier alpha value is -2.17. The maximum absolute atomic E-state index is 6.13. The number of para-hydroxylation sites is 2. The molecule has 1 aliphatic rings. The number of oxazole rings is 1. The summed E-state index contributed by atoms with van der Waals surface area (Å²) in [6, 6.07) is 17.2. The largest absolute Gasteiger partial charge is 0.436 e. The van der Waals surface area contributed by atoms with Crippen LogP contribution in [0.25, 0.3) is 22.6 Å². The monoisotopic (exact) mass is 377 g/mol. The summed E-state index contributed by atoms with van der Waals surface area (Å²) >= 11 is 0. The van der Waals surface area contributed by atoms with E-state index < -0.39 is 0 Å². The van der Waals surface area contributed by atoms with Crippen molar-refractivity contribution in [1.29, 1.82) is 0 Å². The van der Waals surface area contributed by atoms with Gasteiger partial charge in [-0.25, -0.2) is 4.98 Å². The van der Waals surface area contributed by atoms with E-state index in [0.717, 1.165) is 47.5 Å². The number of hydrogen-bond acceptors (Lipinski definition) is 4. The van der Waals surface area contributed by atoms with Crippen LogP contribution in [-0.2, 0) is 11.3 Å². The topological polar surface area (TPSA) is 61.3 Å². The van der Waals surface area contributed by atoms with E-state index in [9.17, 15) is 0 Å². The molecule has 4 rings (SSSR count). The van der Waals surface area contributed by atoms with Gasteiger partial charge in [-0.15, -0.1) is 0 Å². The van der Waals surface area contributed by atoms with Crippen LogP contribution in [0.5, 0.6) is 0 Å². The zero-order valence-corrected chi connectivity index (χ0v) is 16.4. The SMILES string of the molecule is N[C]1CCCCCC(OCc2ccc(-c3nc4ccccc4o3)cc2)C1.[CH2].[CH2]. The molecule has 1 aromatic heterocycles. The quantitative estimate of drug-likeness (QED) is 0.617. The van der Waals surface area contributed by atoms with Crippen LogP contribution in [0.3, 0.4) is 0 Å². The van der Waals surface area contributed by atoms with Gasteiger partial charge in [0.25, 0.3) is 0 Å². The fourth-order valence-corrected chi connectivity index (χ4v) is 3.49. The number of fused-ring (bicyclic) bond motifs is 1. The minimum absolute atomic E-state index is 0. The Kier molecular flexibility index (Phi) is 8.21. The van der Waals surface area contributed by atoms with Crippen molar-refractivity contribution in [3.63, 3.8) is 0 Å². The third-order valence-corrected chi connectivity index (χ3v) is 4.99. The molecule has 3 aromatic rings. The molecule has 1 unspecified atom stereocenters. The van der Waals surface area contributed by atoms with E-state index in [0.29, 0.717) is 12.5 Å². The number of hydrogen-bond donors (Lipinski definition) is 1. The zero-order valence-electron chi connectivity index (χ0n) is 16.4. The second-order valence-corrected chi connectivity index (χ2v) is 7.08. The summed E-state index contributed by atoms with van der Waals surface area (Å²) in [6.45, 7) is 0.617. The standard InChI is InChI=1S/C22H25N2O2.2CH2/c23-18-6-2-1-3-7-19(14-18)25-15-16-10-12-17(13-11-16)22-24-20-8-4-5-9-21(20)26-22;;/h4-5,8-13,19H,1-3,6-7,14-15,23H2;2*1H2. The van der Waals surface area contributed by atoms with E-state index >= 15 is 0 Å². The number of nitrogens with two attached hydrogens (primary N) is 1. The van der Waals surface area contributed by atoms with Crippen LogP contribution in [0.4, 0.5) is 0 Å². The van der Waals surface area contributed by atoms with Gasteiger partial charge in [-0.2, -0.15) is 0 Å². The minimum atomic E-state index is 0. The molecule has 1 heterocycles. The van der Waals surface area contributed by atoms with Crippen LogP contribution in [0, 0.1) is 20.9 Å². The first kappa shape index (κ1) is 22.1. The number of aromatic nitrogens is 1. The first-order valence-electron chi connectivity index (χ1n) is 9.44. The smallest absolute Gasteiger partial charge is 0.227 e. The molecule has 0 saturated heterocycles. The molecule has 147 valence electrons. The highest BCUT2D eigenvalue weighted by molar-refractivity contribution is 5.75. The third kappa shape index (κ3) is 5.43. The van der Waals surface area contributed by atoms with Crippen molar-refractivity contribution >= 4 is 11.1 Å². The Bertz CT molecular complexity index is 808. The van der Waals surface area contributed by atoms with Gasteiger partial charge in [-0.1, -0.05) is 58.4 Å². The third-order valence-electron chi connectivity index (χ3n) is 4.99. The molecule has 0 spiro atoms.